The molecular formula is C11H21N3S. The van der Waals surface area contributed by atoms with Crippen molar-refractivity contribution in [3.8, 4) is 0 Å². The van der Waals surface area contributed by atoms with Gasteiger partial charge in [0.25, 0.3) is 0 Å². The highest BCUT2D eigenvalue weighted by atomic mass is 32.1. The van der Waals surface area contributed by atoms with E-state index in [1.807, 2.05) is 0 Å². The fourth-order valence-electron chi connectivity index (χ4n) is 1.42. The minimum atomic E-state index is 0.808. The van der Waals surface area contributed by atoms with Crippen molar-refractivity contribution in [2.24, 2.45) is 0 Å². The summed E-state index contributed by atoms with van der Waals surface area (Å²) in [5.74, 6) is 0. The summed E-state index contributed by atoms with van der Waals surface area (Å²) in [5, 5.41) is 1.89. The molecule has 0 aliphatic rings. The number of hydrogen-bond donors (Lipinski definition) is 1. The number of nitrogens with two attached hydrogens (primary N) is 1. The molecule has 15 heavy (non-hydrogen) atoms. The van der Waals surface area contributed by atoms with Gasteiger partial charge in [-0.3, -0.25) is 0 Å². The van der Waals surface area contributed by atoms with Crippen molar-refractivity contribution < 1.29 is 0 Å². The zero-order valence-electron chi connectivity index (χ0n) is 9.70. The van der Waals surface area contributed by atoms with Gasteiger partial charge in [0.1, 0.15) is 5.00 Å². The fraction of sp³-hybridized carbons (Fsp3) is 0.727. The summed E-state index contributed by atoms with van der Waals surface area (Å²) in [6.07, 6.45) is 6.66. The zero-order chi connectivity index (χ0) is 11.1. The first-order chi connectivity index (χ1) is 7.27. The van der Waals surface area contributed by atoms with Crippen LogP contribution in [0.15, 0.2) is 6.20 Å². The summed E-state index contributed by atoms with van der Waals surface area (Å²) in [6.45, 7) is 6.63. The Kier molecular flexibility index (Phi) is 5.47. The van der Waals surface area contributed by atoms with Crippen molar-refractivity contribution in [1.82, 2.24) is 4.98 Å². The monoisotopic (exact) mass is 227 g/mol. The van der Waals surface area contributed by atoms with Gasteiger partial charge < -0.3 is 10.6 Å². The van der Waals surface area contributed by atoms with Crippen LogP contribution in [-0.4, -0.2) is 18.1 Å². The maximum absolute atomic E-state index is 5.70. The van der Waals surface area contributed by atoms with E-state index in [9.17, 15) is 0 Å². The molecule has 0 aliphatic carbocycles. The molecule has 0 aromatic carbocycles. The second kappa shape index (κ2) is 6.67. The predicted octanol–water partition coefficient (Wildman–Crippen LogP) is 3.13. The van der Waals surface area contributed by atoms with Gasteiger partial charge in [0.2, 0.25) is 0 Å². The molecule has 0 spiro atoms. The van der Waals surface area contributed by atoms with Crippen LogP contribution in [0.3, 0.4) is 0 Å². The van der Waals surface area contributed by atoms with Crippen molar-refractivity contribution >= 4 is 21.5 Å². The molecule has 3 nitrogen and oxygen atoms in total. The summed E-state index contributed by atoms with van der Waals surface area (Å²) in [4.78, 5) is 6.70. The minimum absolute atomic E-state index is 0.808. The van der Waals surface area contributed by atoms with Crippen molar-refractivity contribution in [2.45, 2.75) is 39.5 Å². The number of unbranched alkanes of at least 4 members (excludes halogenated alkanes) is 2. The third-order valence-corrected chi connectivity index (χ3v) is 3.23. The maximum atomic E-state index is 5.70. The number of thiazole rings is 1. The van der Waals surface area contributed by atoms with Crippen molar-refractivity contribution in [2.75, 3.05) is 23.7 Å². The Hall–Kier alpha value is -0.770. The molecule has 2 N–H and O–H groups in total. The molecule has 1 heterocycles. The molecule has 0 radical (unpaired) electrons. The fourth-order valence-corrected chi connectivity index (χ4v) is 2.16. The Bertz CT molecular complexity index is 265. The van der Waals surface area contributed by atoms with Gasteiger partial charge >= 0.3 is 0 Å². The highest BCUT2D eigenvalue weighted by Crippen LogP contribution is 2.24. The number of anilines is 2. The minimum Gasteiger partial charge on any atom is -0.389 e. The van der Waals surface area contributed by atoms with E-state index in [1.54, 1.807) is 17.5 Å². The van der Waals surface area contributed by atoms with E-state index in [2.05, 4.69) is 23.7 Å². The Morgan fingerprint density at radius 1 is 1.27 bits per heavy atom. The molecule has 1 aromatic rings. The third-order valence-electron chi connectivity index (χ3n) is 2.35. The Labute approximate surface area is 96.3 Å². The molecule has 86 valence electrons. The first kappa shape index (κ1) is 12.3. The van der Waals surface area contributed by atoms with Crippen LogP contribution < -0.4 is 10.6 Å². The zero-order valence-corrected chi connectivity index (χ0v) is 10.5. The molecule has 1 aromatic heterocycles. The van der Waals surface area contributed by atoms with Crippen molar-refractivity contribution in [3.63, 3.8) is 0 Å². The molecule has 0 aliphatic heterocycles. The number of nitrogens with zero attached hydrogens (tertiary/aromatic N) is 2. The maximum Gasteiger partial charge on any atom is 0.187 e. The third kappa shape index (κ3) is 4.08. The van der Waals surface area contributed by atoms with E-state index in [1.165, 1.54) is 25.7 Å². The summed E-state index contributed by atoms with van der Waals surface area (Å²) in [5.41, 5.74) is 5.70. The van der Waals surface area contributed by atoms with E-state index in [0.29, 0.717) is 0 Å². The molecule has 1 rings (SSSR count). The van der Waals surface area contributed by atoms with E-state index < -0.39 is 0 Å². The van der Waals surface area contributed by atoms with Gasteiger partial charge in [0, 0.05) is 13.1 Å². The average molecular weight is 227 g/mol. The van der Waals surface area contributed by atoms with Crippen LogP contribution in [0.4, 0.5) is 10.1 Å². The molecule has 4 heteroatoms. The quantitative estimate of drug-likeness (QED) is 0.778. The Balaban J connectivity index is 2.54. The molecule has 0 saturated carbocycles. The molecule has 0 fully saturated rings. The van der Waals surface area contributed by atoms with Gasteiger partial charge in [-0.2, -0.15) is 0 Å². The number of rotatable bonds is 7. The first-order valence-electron chi connectivity index (χ1n) is 5.74. The van der Waals surface area contributed by atoms with Crippen molar-refractivity contribution in [1.29, 1.82) is 0 Å². The summed E-state index contributed by atoms with van der Waals surface area (Å²) >= 11 is 1.59. The van der Waals surface area contributed by atoms with Crippen LogP contribution in [0.5, 0.6) is 0 Å². The summed E-state index contributed by atoms with van der Waals surface area (Å²) in [6, 6.07) is 0. The van der Waals surface area contributed by atoms with Gasteiger partial charge in [-0.15, -0.1) is 0 Å². The van der Waals surface area contributed by atoms with Crippen molar-refractivity contribution in [3.05, 3.63) is 6.20 Å². The van der Waals surface area contributed by atoms with Crippen LogP contribution in [0, 0.1) is 0 Å². The summed E-state index contributed by atoms with van der Waals surface area (Å²) in [7, 11) is 0. The molecule has 0 bridgehead atoms. The van der Waals surface area contributed by atoms with Gasteiger partial charge in [0.15, 0.2) is 5.13 Å². The van der Waals surface area contributed by atoms with E-state index in [-0.39, 0.29) is 0 Å². The van der Waals surface area contributed by atoms with Gasteiger partial charge in [-0.05, 0) is 12.8 Å². The van der Waals surface area contributed by atoms with Crippen LogP contribution in [0.1, 0.15) is 39.5 Å². The van der Waals surface area contributed by atoms with E-state index in [4.69, 9.17) is 5.73 Å². The lowest BCUT2D eigenvalue weighted by molar-refractivity contribution is 0.676. The molecular weight excluding hydrogens is 206 g/mol. The highest BCUT2D eigenvalue weighted by Gasteiger charge is 2.08. The van der Waals surface area contributed by atoms with Gasteiger partial charge in [-0.25, -0.2) is 4.98 Å². The molecule has 0 atom stereocenters. The lowest BCUT2D eigenvalue weighted by Crippen LogP contribution is -2.25. The first-order valence-corrected chi connectivity index (χ1v) is 6.55. The average Bonchev–Trinajstić information content (AvgIpc) is 2.65. The highest BCUT2D eigenvalue weighted by molar-refractivity contribution is 7.19. The number of aromatic nitrogens is 1. The Morgan fingerprint density at radius 2 is 1.87 bits per heavy atom. The van der Waals surface area contributed by atoms with E-state index in [0.717, 1.165) is 23.2 Å². The Morgan fingerprint density at radius 3 is 2.27 bits per heavy atom. The number of nitrogen functional groups attached to an aromatic ring is 1. The van der Waals surface area contributed by atoms with Crippen LogP contribution >= 0.6 is 11.3 Å². The molecule has 0 amide bonds. The molecule has 0 unspecified atom stereocenters. The second-order valence-corrected chi connectivity index (χ2v) is 4.78. The van der Waals surface area contributed by atoms with Gasteiger partial charge in [-0.1, -0.05) is 38.0 Å². The lowest BCUT2D eigenvalue weighted by atomic mass is 10.3. The van der Waals surface area contributed by atoms with E-state index >= 15 is 0 Å². The topological polar surface area (TPSA) is 42.2 Å². The predicted molar refractivity (Wildman–Crippen MR) is 68.6 cm³/mol. The normalized spacial score (nSPS) is 10.5. The lowest BCUT2D eigenvalue weighted by Gasteiger charge is -2.21. The van der Waals surface area contributed by atoms with Crippen LogP contribution in [-0.2, 0) is 0 Å². The largest absolute Gasteiger partial charge is 0.389 e. The standard InChI is InChI=1S/C11H21N3S/c1-3-5-7-14(8-6-4-2)11-13-9-10(12)15-11/h9H,3-8,12H2,1-2H3. The second-order valence-electron chi connectivity index (χ2n) is 3.74. The number of hydrogen-bond acceptors (Lipinski definition) is 4. The summed E-state index contributed by atoms with van der Waals surface area (Å²) < 4.78 is 0. The molecule has 0 saturated heterocycles. The van der Waals surface area contributed by atoms with Crippen LogP contribution in [0.2, 0.25) is 0 Å². The smallest absolute Gasteiger partial charge is 0.187 e. The SMILES string of the molecule is CCCCN(CCCC)c1ncc(N)s1. The van der Waals surface area contributed by atoms with Crippen LogP contribution in [0.25, 0.3) is 0 Å². The van der Waals surface area contributed by atoms with Gasteiger partial charge in [0.05, 0.1) is 6.20 Å².